The van der Waals surface area contributed by atoms with E-state index in [1.54, 1.807) is 59.5 Å². The number of carbonyl (C=O) groups is 1. The lowest BCUT2D eigenvalue weighted by molar-refractivity contribution is 0.0698. The number of hydrogen-bond acceptors (Lipinski definition) is 5. The maximum Gasteiger partial charge on any atom is 0.337 e. The summed E-state index contributed by atoms with van der Waals surface area (Å²) < 4.78 is 7.97. The quantitative estimate of drug-likeness (QED) is 0.277. The number of rotatable bonds is 6. The smallest absolute Gasteiger partial charge is 0.337 e. The average Bonchev–Trinajstić information content (AvgIpc) is 3.35. The molecule has 0 amide bonds. The molecule has 2 N–H and O–H groups in total. The lowest BCUT2D eigenvalue weighted by Gasteiger charge is -2.19. The molecule has 5 aromatic rings. The molecule has 0 aliphatic rings. The van der Waals surface area contributed by atoms with Crippen LogP contribution in [-0.2, 0) is 0 Å². The monoisotopic (exact) mass is 499 g/mol. The SMILES string of the molecule is Cc1cc([C@@H](C)Nc2ccccc2C(=O)O)c2oc(-c3cnn(-c4ccc(Cl)cc4)c3)cc(=O)c2c1. The number of fused-ring (bicyclic) bond motifs is 1. The molecular formula is C28H22ClN3O4. The Hall–Kier alpha value is -4.36. The molecule has 0 aliphatic heterocycles. The summed E-state index contributed by atoms with van der Waals surface area (Å²) in [6.45, 7) is 3.81. The summed E-state index contributed by atoms with van der Waals surface area (Å²) in [6, 6.07) is 18.8. The second-order valence-electron chi connectivity index (χ2n) is 8.57. The molecule has 0 bridgehead atoms. The second-order valence-corrected chi connectivity index (χ2v) is 9.01. The van der Waals surface area contributed by atoms with Gasteiger partial charge < -0.3 is 14.8 Å². The first-order valence-electron chi connectivity index (χ1n) is 11.3. The van der Waals surface area contributed by atoms with Crippen molar-refractivity contribution in [3.8, 4) is 17.0 Å². The normalized spacial score (nSPS) is 12.0. The maximum absolute atomic E-state index is 13.1. The zero-order chi connectivity index (χ0) is 25.4. The summed E-state index contributed by atoms with van der Waals surface area (Å²) in [5.74, 6) is -0.637. The molecule has 3 aromatic carbocycles. The van der Waals surface area contributed by atoms with Gasteiger partial charge in [0.1, 0.15) is 11.3 Å². The van der Waals surface area contributed by atoms with Crippen LogP contribution in [0.15, 0.2) is 88.3 Å². The molecule has 2 aromatic heterocycles. The molecule has 2 heterocycles. The van der Waals surface area contributed by atoms with E-state index in [1.807, 2.05) is 32.0 Å². The Morgan fingerprint density at radius 2 is 1.86 bits per heavy atom. The van der Waals surface area contributed by atoms with Gasteiger partial charge in [-0.1, -0.05) is 29.8 Å². The predicted molar refractivity (Wildman–Crippen MR) is 140 cm³/mol. The lowest BCUT2D eigenvalue weighted by atomic mass is 10.0. The van der Waals surface area contributed by atoms with Crippen LogP contribution in [0.2, 0.25) is 5.02 Å². The van der Waals surface area contributed by atoms with Gasteiger partial charge in [-0.25, -0.2) is 9.48 Å². The molecule has 0 radical (unpaired) electrons. The van der Waals surface area contributed by atoms with Crippen molar-refractivity contribution in [1.82, 2.24) is 9.78 Å². The van der Waals surface area contributed by atoms with Crippen molar-refractivity contribution in [2.24, 2.45) is 0 Å². The third-order valence-electron chi connectivity index (χ3n) is 5.96. The van der Waals surface area contributed by atoms with Crippen molar-refractivity contribution in [2.75, 3.05) is 5.32 Å². The van der Waals surface area contributed by atoms with Gasteiger partial charge in [0.2, 0.25) is 0 Å². The minimum atomic E-state index is -1.02. The number of aromatic carboxylic acids is 1. The van der Waals surface area contributed by atoms with Gasteiger partial charge in [0.15, 0.2) is 5.43 Å². The third-order valence-corrected chi connectivity index (χ3v) is 6.21. The van der Waals surface area contributed by atoms with Crippen molar-refractivity contribution in [2.45, 2.75) is 19.9 Å². The van der Waals surface area contributed by atoms with Crippen LogP contribution in [0.5, 0.6) is 0 Å². The largest absolute Gasteiger partial charge is 0.478 e. The van der Waals surface area contributed by atoms with Crippen molar-refractivity contribution in [3.05, 3.63) is 111 Å². The number of aromatic nitrogens is 2. The van der Waals surface area contributed by atoms with Crippen LogP contribution < -0.4 is 10.7 Å². The molecule has 180 valence electrons. The Bertz CT molecular complexity index is 1650. The van der Waals surface area contributed by atoms with E-state index in [0.29, 0.717) is 33.0 Å². The molecule has 7 nitrogen and oxygen atoms in total. The fourth-order valence-electron chi connectivity index (χ4n) is 4.19. The van der Waals surface area contributed by atoms with Crippen molar-refractivity contribution < 1.29 is 14.3 Å². The van der Waals surface area contributed by atoms with E-state index in [1.165, 1.54) is 6.07 Å². The van der Waals surface area contributed by atoms with E-state index >= 15 is 0 Å². The average molecular weight is 500 g/mol. The van der Waals surface area contributed by atoms with E-state index in [2.05, 4.69) is 10.4 Å². The zero-order valence-corrected chi connectivity index (χ0v) is 20.3. The Balaban J connectivity index is 1.58. The van der Waals surface area contributed by atoms with Gasteiger partial charge in [-0.2, -0.15) is 5.10 Å². The van der Waals surface area contributed by atoms with Crippen molar-refractivity contribution in [3.63, 3.8) is 0 Å². The minimum Gasteiger partial charge on any atom is -0.478 e. The number of nitrogens with zero attached hydrogens (tertiary/aromatic N) is 2. The molecule has 0 saturated carbocycles. The van der Waals surface area contributed by atoms with Crippen LogP contribution in [0.4, 0.5) is 5.69 Å². The van der Waals surface area contributed by atoms with Crippen LogP contribution in [0.3, 0.4) is 0 Å². The summed E-state index contributed by atoms with van der Waals surface area (Å²) in [7, 11) is 0. The summed E-state index contributed by atoms with van der Waals surface area (Å²) in [6.07, 6.45) is 3.42. The van der Waals surface area contributed by atoms with Crippen LogP contribution in [0, 0.1) is 6.92 Å². The first-order valence-corrected chi connectivity index (χ1v) is 11.7. The molecule has 0 aliphatic carbocycles. The molecule has 36 heavy (non-hydrogen) atoms. The highest BCUT2D eigenvalue weighted by molar-refractivity contribution is 6.30. The molecule has 0 saturated heterocycles. The van der Waals surface area contributed by atoms with E-state index < -0.39 is 5.97 Å². The Kier molecular flexibility index (Phi) is 6.08. The fourth-order valence-corrected chi connectivity index (χ4v) is 4.32. The number of anilines is 1. The summed E-state index contributed by atoms with van der Waals surface area (Å²) in [4.78, 5) is 24.8. The topological polar surface area (TPSA) is 97.4 Å². The molecule has 8 heteroatoms. The standard InChI is InChI=1S/C28H22ClN3O4/c1-16-11-22(17(2)31-24-6-4-3-5-21(24)28(34)35)27-23(12-16)25(33)13-26(36-27)18-14-30-32(15-18)20-9-7-19(29)8-10-20/h3-15,17,31H,1-2H3,(H,34,35)/t17-/m1/s1. The lowest BCUT2D eigenvalue weighted by Crippen LogP contribution is -2.12. The molecule has 0 spiro atoms. The number of aryl methyl sites for hydroxylation is 1. The highest BCUT2D eigenvalue weighted by Crippen LogP contribution is 2.31. The van der Waals surface area contributed by atoms with Gasteiger partial charge in [-0.3, -0.25) is 4.79 Å². The fraction of sp³-hybridized carbons (Fsp3) is 0.107. The van der Waals surface area contributed by atoms with Crippen molar-refractivity contribution >= 4 is 34.2 Å². The first-order chi connectivity index (χ1) is 17.3. The summed E-state index contributed by atoms with van der Waals surface area (Å²) in [5.41, 5.74) is 4.02. The summed E-state index contributed by atoms with van der Waals surface area (Å²) >= 11 is 5.99. The van der Waals surface area contributed by atoms with Crippen LogP contribution >= 0.6 is 11.6 Å². The zero-order valence-electron chi connectivity index (χ0n) is 19.5. The molecule has 1 atom stereocenters. The van der Waals surface area contributed by atoms with Crippen LogP contribution in [0.1, 0.15) is 34.5 Å². The van der Waals surface area contributed by atoms with Gasteiger partial charge in [0, 0.05) is 28.5 Å². The van der Waals surface area contributed by atoms with E-state index in [4.69, 9.17) is 16.0 Å². The molecule has 5 rings (SSSR count). The maximum atomic E-state index is 13.1. The number of carboxylic acids is 1. The number of nitrogens with one attached hydrogen (secondary N) is 1. The van der Waals surface area contributed by atoms with Gasteiger partial charge in [-0.05, 0) is 61.9 Å². The van der Waals surface area contributed by atoms with Gasteiger partial charge in [-0.15, -0.1) is 0 Å². The number of benzene rings is 3. The van der Waals surface area contributed by atoms with Crippen LogP contribution in [0.25, 0.3) is 28.0 Å². The highest BCUT2D eigenvalue weighted by Gasteiger charge is 2.19. The van der Waals surface area contributed by atoms with Gasteiger partial charge in [0.05, 0.1) is 34.4 Å². The number of carboxylic acid groups (broad SMARTS) is 1. The number of para-hydroxylation sites is 1. The van der Waals surface area contributed by atoms with Crippen LogP contribution in [-0.4, -0.2) is 20.9 Å². The molecule has 0 fully saturated rings. The Morgan fingerprint density at radius 1 is 1.11 bits per heavy atom. The van der Waals surface area contributed by atoms with Crippen molar-refractivity contribution in [1.29, 1.82) is 0 Å². The number of hydrogen-bond donors (Lipinski definition) is 2. The Morgan fingerprint density at radius 3 is 2.61 bits per heavy atom. The van der Waals surface area contributed by atoms with E-state index in [9.17, 15) is 14.7 Å². The first kappa shape index (κ1) is 23.4. The van der Waals surface area contributed by atoms with E-state index in [0.717, 1.165) is 16.8 Å². The van der Waals surface area contributed by atoms with Gasteiger partial charge in [0.25, 0.3) is 0 Å². The summed E-state index contributed by atoms with van der Waals surface area (Å²) in [5, 5.41) is 18.3. The minimum absolute atomic E-state index is 0.165. The highest BCUT2D eigenvalue weighted by atomic mass is 35.5. The molecular weight excluding hydrogens is 478 g/mol. The van der Waals surface area contributed by atoms with E-state index in [-0.39, 0.29) is 17.0 Å². The van der Waals surface area contributed by atoms with Gasteiger partial charge >= 0.3 is 5.97 Å². The molecule has 0 unspecified atom stereocenters. The number of halogens is 1. The Labute approximate surface area is 211 Å². The third kappa shape index (κ3) is 4.48. The second kappa shape index (κ2) is 9.36. The predicted octanol–water partition coefficient (Wildman–Crippen LogP) is 6.48.